The Hall–Kier alpha value is -0.910. The van der Waals surface area contributed by atoms with Crippen molar-refractivity contribution in [3.63, 3.8) is 0 Å². The number of aromatic amines is 1. The molecule has 1 heterocycles. The Balaban J connectivity index is 0.00000148. The SMILES string of the molecule is CC.CC(C)(O)CCCC1CCC2C3CCC4C(O)C(OCc5ccn[nH]5)CCC4(C)C3CCC12C. The Morgan fingerprint density at radius 1 is 1.00 bits per heavy atom. The van der Waals surface area contributed by atoms with Crippen molar-refractivity contribution in [3.8, 4) is 0 Å². The van der Waals surface area contributed by atoms with E-state index < -0.39 is 5.60 Å². The van der Waals surface area contributed by atoms with Crippen molar-refractivity contribution in [1.29, 1.82) is 0 Å². The minimum Gasteiger partial charge on any atom is -0.390 e. The average molecular weight is 503 g/mol. The van der Waals surface area contributed by atoms with Gasteiger partial charge in [0.15, 0.2) is 0 Å². The lowest BCUT2D eigenvalue weighted by Crippen LogP contribution is -2.58. The molecule has 4 saturated carbocycles. The molecule has 1 aromatic rings. The van der Waals surface area contributed by atoms with E-state index in [0.717, 1.165) is 55.0 Å². The number of nitrogens with zero attached hydrogens (tertiary/aromatic N) is 1. The molecule has 0 radical (unpaired) electrons. The Morgan fingerprint density at radius 2 is 1.69 bits per heavy atom. The van der Waals surface area contributed by atoms with Gasteiger partial charge in [0.1, 0.15) is 0 Å². The molecule has 4 fully saturated rings. The first-order chi connectivity index (χ1) is 17.1. The molecule has 0 aliphatic heterocycles. The highest BCUT2D eigenvalue weighted by Gasteiger charge is 2.61. The first-order valence-electron chi connectivity index (χ1n) is 15.1. The zero-order chi connectivity index (χ0) is 26.1. The molecule has 5 heteroatoms. The molecule has 5 nitrogen and oxygen atoms in total. The van der Waals surface area contributed by atoms with Crippen molar-refractivity contribution in [3.05, 3.63) is 18.0 Å². The normalized spacial score (nSPS) is 42.1. The minimum atomic E-state index is -0.536. The molecular weight excluding hydrogens is 448 g/mol. The summed E-state index contributed by atoms with van der Waals surface area (Å²) < 4.78 is 6.19. The van der Waals surface area contributed by atoms with Crippen molar-refractivity contribution in [1.82, 2.24) is 10.2 Å². The maximum absolute atomic E-state index is 11.4. The second kappa shape index (κ2) is 11.1. The summed E-state index contributed by atoms with van der Waals surface area (Å²) in [6.45, 7) is 13.5. The average Bonchev–Trinajstić information content (AvgIpc) is 3.47. The molecule has 0 aromatic carbocycles. The van der Waals surface area contributed by atoms with Gasteiger partial charge in [0.05, 0.1) is 30.1 Å². The maximum Gasteiger partial charge on any atom is 0.0887 e. The molecule has 206 valence electrons. The third kappa shape index (κ3) is 5.31. The standard InChI is InChI=1S/C29H48N2O3.C2H6/c1-27(2,33)14-5-6-19-7-9-22-21-8-10-24-26(32)25(34-18-20-13-17-30-31-20)12-16-29(24,4)23(21)11-15-28(19,22)3;1-2/h13,17,19,21-26,32-33H,5-12,14-16,18H2,1-4H3,(H,30,31);1-2H3. The molecule has 0 saturated heterocycles. The molecular formula is C31H54N2O3. The number of aliphatic hydroxyl groups is 2. The highest BCUT2D eigenvalue weighted by Crippen LogP contribution is 2.68. The van der Waals surface area contributed by atoms with Gasteiger partial charge in [-0.15, -0.1) is 0 Å². The smallest absolute Gasteiger partial charge is 0.0887 e. The Morgan fingerprint density at radius 3 is 2.39 bits per heavy atom. The van der Waals surface area contributed by atoms with Crippen LogP contribution in [0.15, 0.2) is 12.3 Å². The van der Waals surface area contributed by atoms with Crippen LogP contribution in [0, 0.1) is 40.4 Å². The van der Waals surface area contributed by atoms with Crippen LogP contribution in [-0.2, 0) is 11.3 Å². The zero-order valence-electron chi connectivity index (χ0n) is 23.9. The van der Waals surface area contributed by atoms with Crippen LogP contribution in [0.2, 0.25) is 0 Å². The van der Waals surface area contributed by atoms with Crippen molar-refractivity contribution < 1.29 is 14.9 Å². The van der Waals surface area contributed by atoms with E-state index >= 15 is 0 Å². The summed E-state index contributed by atoms with van der Waals surface area (Å²) in [5.41, 5.74) is 1.17. The van der Waals surface area contributed by atoms with Gasteiger partial charge in [0.2, 0.25) is 0 Å². The second-order valence-electron chi connectivity index (χ2n) is 13.6. The third-order valence-corrected chi connectivity index (χ3v) is 11.3. The van der Waals surface area contributed by atoms with Crippen molar-refractivity contribution >= 4 is 0 Å². The number of fused-ring (bicyclic) bond motifs is 5. The van der Waals surface area contributed by atoms with Gasteiger partial charge in [-0.25, -0.2) is 0 Å². The van der Waals surface area contributed by atoms with Gasteiger partial charge in [-0.05, 0) is 125 Å². The van der Waals surface area contributed by atoms with Crippen LogP contribution in [0.4, 0.5) is 0 Å². The number of nitrogens with one attached hydrogen (secondary N) is 1. The fourth-order valence-corrected chi connectivity index (χ4v) is 9.41. The van der Waals surface area contributed by atoms with Crippen LogP contribution in [0.25, 0.3) is 0 Å². The van der Waals surface area contributed by atoms with E-state index in [2.05, 4.69) is 24.0 Å². The molecule has 5 rings (SSSR count). The first-order valence-corrected chi connectivity index (χ1v) is 15.1. The summed E-state index contributed by atoms with van der Waals surface area (Å²) in [6, 6.07) is 1.95. The number of aliphatic hydroxyl groups excluding tert-OH is 1. The summed E-state index contributed by atoms with van der Waals surface area (Å²) >= 11 is 0. The fourth-order valence-electron chi connectivity index (χ4n) is 9.41. The lowest BCUT2D eigenvalue weighted by atomic mass is 9.44. The summed E-state index contributed by atoms with van der Waals surface area (Å²) in [5.74, 6) is 3.62. The van der Waals surface area contributed by atoms with Crippen LogP contribution >= 0.6 is 0 Å². The van der Waals surface area contributed by atoms with E-state index in [1.165, 1.54) is 44.9 Å². The molecule has 4 aliphatic rings. The number of rotatable bonds is 7. The van der Waals surface area contributed by atoms with Gasteiger partial charge in [-0.2, -0.15) is 5.10 Å². The van der Waals surface area contributed by atoms with Gasteiger partial charge in [-0.3, -0.25) is 5.10 Å². The third-order valence-electron chi connectivity index (χ3n) is 11.3. The van der Waals surface area contributed by atoms with E-state index in [1.807, 2.05) is 33.8 Å². The highest BCUT2D eigenvalue weighted by molar-refractivity contribution is 5.11. The molecule has 36 heavy (non-hydrogen) atoms. The maximum atomic E-state index is 11.4. The Kier molecular flexibility index (Phi) is 8.64. The quantitative estimate of drug-likeness (QED) is 0.379. The van der Waals surface area contributed by atoms with Gasteiger partial charge in [0, 0.05) is 6.20 Å². The number of H-pyrrole nitrogens is 1. The molecule has 9 unspecified atom stereocenters. The number of ether oxygens (including phenoxy) is 1. The molecule has 9 atom stereocenters. The lowest BCUT2D eigenvalue weighted by molar-refractivity contribution is -0.187. The lowest BCUT2D eigenvalue weighted by Gasteiger charge is -2.62. The van der Waals surface area contributed by atoms with Crippen LogP contribution < -0.4 is 0 Å². The summed E-state index contributed by atoms with van der Waals surface area (Å²) in [4.78, 5) is 0. The van der Waals surface area contributed by atoms with Gasteiger partial charge < -0.3 is 14.9 Å². The van der Waals surface area contributed by atoms with Crippen molar-refractivity contribution in [2.45, 2.75) is 137 Å². The second-order valence-corrected chi connectivity index (χ2v) is 13.6. The van der Waals surface area contributed by atoms with Crippen LogP contribution in [0.3, 0.4) is 0 Å². The van der Waals surface area contributed by atoms with Crippen LogP contribution in [0.5, 0.6) is 0 Å². The van der Waals surface area contributed by atoms with Gasteiger partial charge in [-0.1, -0.05) is 34.1 Å². The highest BCUT2D eigenvalue weighted by atomic mass is 16.5. The predicted octanol–water partition coefficient (Wildman–Crippen LogP) is 6.89. The molecule has 0 bridgehead atoms. The van der Waals surface area contributed by atoms with Crippen LogP contribution in [-0.4, -0.2) is 38.2 Å². The molecule has 4 aliphatic carbocycles. The van der Waals surface area contributed by atoms with Crippen molar-refractivity contribution in [2.75, 3.05) is 0 Å². The van der Waals surface area contributed by atoms with E-state index in [9.17, 15) is 10.2 Å². The van der Waals surface area contributed by atoms with E-state index in [0.29, 0.717) is 17.9 Å². The monoisotopic (exact) mass is 502 g/mol. The summed E-state index contributed by atoms with van der Waals surface area (Å²) in [5, 5.41) is 28.6. The molecule has 0 amide bonds. The van der Waals surface area contributed by atoms with Crippen molar-refractivity contribution in [2.24, 2.45) is 40.4 Å². The summed E-state index contributed by atoms with van der Waals surface area (Å²) in [6.07, 6.45) is 14.7. The molecule has 1 aromatic heterocycles. The topological polar surface area (TPSA) is 78.4 Å². The Labute approximate surface area is 220 Å². The van der Waals surface area contributed by atoms with E-state index in [1.54, 1.807) is 6.20 Å². The molecule has 0 spiro atoms. The van der Waals surface area contributed by atoms with E-state index in [-0.39, 0.29) is 17.6 Å². The summed E-state index contributed by atoms with van der Waals surface area (Å²) in [7, 11) is 0. The van der Waals surface area contributed by atoms with Gasteiger partial charge in [0.25, 0.3) is 0 Å². The number of hydrogen-bond acceptors (Lipinski definition) is 4. The predicted molar refractivity (Wildman–Crippen MR) is 145 cm³/mol. The Bertz CT molecular complexity index is 820. The fraction of sp³-hybridized carbons (Fsp3) is 0.903. The zero-order valence-corrected chi connectivity index (χ0v) is 23.9. The molecule has 3 N–H and O–H groups in total. The first kappa shape index (κ1) is 28.1. The largest absolute Gasteiger partial charge is 0.390 e. The van der Waals surface area contributed by atoms with Crippen LogP contribution in [0.1, 0.15) is 118 Å². The van der Waals surface area contributed by atoms with Gasteiger partial charge >= 0.3 is 0 Å². The van der Waals surface area contributed by atoms with E-state index in [4.69, 9.17) is 4.74 Å². The number of hydrogen-bond donors (Lipinski definition) is 3. The minimum absolute atomic E-state index is 0.0570. The number of aromatic nitrogens is 2.